The molecule has 0 radical (unpaired) electrons. The number of nitrogens with one attached hydrogen (secondary N) is 3. The van der Waals surface area contributed by atoms with Crippen molar-refractivity contribution in [2.45, 2.75) is 19.9 Å². The van der Waals surface area contributed by atoms with E-state index in [1.165, 1.54) is 6.20 Å². The number of halogens is 2. The maximum absolute atomic E-state index is 13.6. The van der Waals surface area contributed by atoms with Gasteiger partial charge >= 0.3 is 0 Å². The van der Waals surface area contributed by atoms with E-state index in [-0.39, 0.29) is 11.8 Å². The number of benzene rings is 3. The monoisotopic (exact) mass is 561 g/mol. The Morgan fingerprint density at radius 1 is 0.949 bits per heavy atom. The molecule has 2 heterocycles. The summed E-state index contributed by atoms with van der Waals surface area (Å²) in [6.45, 7) is 4.25. The molecule has 1 unspecified atom stereocenters. The van der Waals surface area contributed by atoms with Crippen LogP contribution in [0.1, 0.15) is 35.8 Å². The number of fused-ring (bicyclic) bond motifs is 1. The summed E-state index contributed by atoms with van der Waals surface area (Å²) in [4.78, 5) is 26.9. The third-order valence-corrected chi connectivity index (χ3v) is 6.83. The summed E-state index contributed by atoms with van der Waals surface area (Å²) in [5, 5.41) is 14.6. The fourth-order valence-corrected chi connectivity index (χ4v) is 4.80. The normalized spacial score (nSPS) is 14.3. The molecule has 8 nitrogen and oxygen atoms in total. The molecule has 4 aromatic rings. The molecule has 3 aromatic carbocycles. The van der Waals surface area contributed by atoms with Gasteiger partial charge in [0, 0.05) is 32.7 Å². The maximum atomic E-state index is 13.6. The summed E-state index contributed by atoms with van der Waals surface area (Å²) >= 11 is 12.6. The van der Waals surface area contributed by atoms with Crippen molar-refractivity contribution in [1.29, 1.82) is 0 Å². The minimum atomic E-state index is -0.686. The quantitative estimate of drug-likeness (QED) is 0.231. The van der Waals surface area contributed by atoms with Crippen molar-refractivity contribution in [1.82, 2.24) is 9.78 Å². The second-order valence-electron chi connectivity index (χ2n) is 8.81. The topological polar surface area (TPSA) is 97.3 Å². The Kier molecular flexibility index (Phi) is 7.58. The zero-order valence-electron chi connectivity index (χ0n) is 21.2. The predicted molar refractivity (Wildman–Crippen MR) is 154 cm³/mol. The molecule has 5 rings (SSSR count). The number of allylic oxidation sites excluding steroid dienone is 1. The highest BCUT2D eigenvalue weighted by atomic mass is 35.5. The lowest BCUT2D eigenvalue weighted by atomic mass is 9.94. The van der Waals surface area contributed by atoms with Crippen LogP contribution in [-0.2, 0) is 4.79 Å². The first-order valence-electron chi connectivity index (χ1n) is 12.3. The Bertz CT molecular complexity index is 1560. The number of hydrogen-bond donors (Lipinski definition) is 3. The van der Waals surface area contributed by atoms with Gasteiger partial charge in [-0.3, -0.25) is 9.59 Å². The van der Waals surface area contributed by atoms with E-state index < -0.39 is 6.04 Å². The Labute approximate surface area is 235 Å². The van der Waals surface area contributed by atoms with Crippen molar-refractivity contribution < 1.29 is 14.3 Å². The Morgan fingerprint density at radius 3 is 2.26 bits per heavy atom. The molecular formula is C29H25Cl2N5O3. The number of aromatic nitrogens is 2. The van der Waals surface area contributed by atoms with Gasteiger partial charge in [-0.1, -0.05) is 41.4 Å². The van der Waals surface area contributed by atoms with Crippen LogP contribution in [-0.4, -0.2) is 28.2 Å². The van der Waals surface area contributed by atoms with Gasteiger partial charge in [0.25, 0.3) is 11.8 Å². The zero-order valence-corrected chi connectivity index (χ0v) is 22.7. The van der Waals surface area contributed by atoms with Crippen molar-refractivity contribution in [3.8, 4) is 5.75 Å². The third-order valence-electron chi connectivity index (χ3n) is 6.24. The minimum absolute atomic E-state index is 0.317. The SMILES string of the molecule is CCOc1ccc(NC(=O)c2cnn3c2NC(C)=C(C(=O)Nc2ccc(Cl)cc2)C3c2ccccc2Cl)cc1. The summed E-state index contributed by atoms with van der Waals surface area (Å²) in [7, 11) is 0. The summed E-state index contributed by atoms with van der Waals surface area (Å²) < 4.78 is 7.08. The van der Waals surface area contributed by atoms with Crippen LogP contribution in [0, 0.1) is 0 Å². The summed E-state index contributed by atoms with van der Waals surface area (Å²) in [5.74, 6) is 0.471. The van der Waals surface area contributed by atoms with Gasteiger partial charge in [0.15, 0.2) is 0 Å². The number of rotatable bonds is 7. The summed E-state index contributed by atoms with van der Waals surface area (Å²) in [5.41, 5.74) is 3.16. The average Bonchev–Trinajstić information content (AvgIpc) is 3.34. The van der Waals surface area contributed by atoms with E-state index in [9.17, 15) is 9.59 Å². The summed E-state index contributed by atoms with van der Waals surface area (Å²) in [6, 6.07) is 20.5. The van der Waals surface area contributed by atoms with Gasteiger partial charge < -0.3 is 20.7 Å². The number of ether oxygens (including phenoxy) is 1. The van der Waals surface area contributed by atoms with Crippen LogP contribution in [0.2, 0.25) is 10.0 Å². The van der Waals surface area contributed by atoms with Crippen molar-refractivity contribution in [2.75, 3.05) is 22.6 Å². The van der Waals surface area contributed by atoms with Crippen LogP contribution >= 0.6 is 23.2 Å². The number of carbonyl (C=O) groups excluding carboxylic acids is 2. The molecule has 1 atom stereocenters. The number of nitrogens with zero attached hydrogens (tertiary/aromatic N) is 2. The van der Waals surface area contributed by atoms with Crippen molar-refractivity contribution in [2.24, 2.45) is 0 Å². The van der Waals surface area contributed by atoms with Crippen LogP contribution < -0.4 is 20.7 Å². The Balaban J connectivity index is 1.50. The molecule has 1 aliphatic heterocycles. The molecule has 39 heavy (non-hydrogen) atoms. The van der Waals surface area contributed by atoms with Gasteiger partial charge in [-0.05, 0) is 68.4 Å². The van der Waals surface area contributed by atoms with E-state index in [0.29, 0.717) is 62.0 Å². The molecule has 0 bridgehead atoms. The van der Waals surface area contributed by atoms with Crippen molar-refractivity contribution in [3.63, 3.8) is 0 Å². The second kappa shape index (κ2) is 11.2. The highest BCUT2D eigenvalue weighted by molar-refractivity contribution is 6.31. The lowest BCUT2D eigenvalue weighted by molar-refractivity contribution is -0.113. The minimum Gasteiger partial charge on any atom is -0.494 e. The van der Waals surface area contributed by atoms with E-state index in [4.69, 9.17) is 27.9 Å². The fraction of sp³-hybridized carbons (Fsp3) is 0.138. The number of carbonyl (C=O) groups is 2. The lowest BCUT2D eigenvalue weighted by Crippen LogP contribution is -2.32. The first kappa shape index (κ1) is 26.3. The van der Waals surface area contributed by atoms with Gasteiger partial charge in [0.2, 0.25) is 0 Å². The van der Waals surface area contributed by atoms with Gasteiger partial charge in [-0.25, -0.2) is 4.68 Å². The van der Waals surface area contributed by atoms with E-state index >= 15 is 0 Å². The van der Waals surface area contributed by atoms with Crippen LogP contribution in [0.25, 0.3) is 0 Å². The second-order valence-corrected chi connectivity index (χ2v) is 9.66. The van der Waals surface area contributed by atoms with Gasteiger partial charge in [0.05, 0.1) is 18.4 Å². The molecule has 3 N–H and O–H groups in total. The van der Waals surface area contributed by atoms with Crippen LogP contribution in [0.3, 0.4) is 0 Å². The van der Waals surface area contributed by atoms with E-state index in [0.717, 1.165) is 0 Å². The zero-order chi connectivity index (χ0) is 27.5. The largest absolute Gasteiger partial charge is 0.494 e. The van der Waals surface area contributed by atoms with Crippen molar-refractivity contribution in [3.05, 3.63) is 111 Å². The molecule has 1 aliphatic rings. The smallest absolute Gasteiger partial charge is 0.261 e. The van der Waals surface area contributed by atoms with Gasteiger partial charge in [-0.2, -0.15) is 5.10 Å². The maximum Gasteiger partial charge on any atom is 0.261 e. The lowest BCUT2D eigenvalue weighted by Gasteiger charge is -2.30. The average molecular weight is 562 g/mol. The molecule has 2 amide bonds. The van der Waals surface area contributed by atoms with Crippen LogP contribution in [0.4, 0.5) is 17.2 Å². The molecule has 10 heteroatoms. The summed E-state index contributed by atoms with van der Waals surface area (Å²) in [6.07, 6.45) is 1.48. The fourth-order valence-electron chi connectivity index (χ4n) is 4.43. The van der Waals surface area contributed by atoms with Gasteiger partial charge in [0.1, 0.15) is 23.2 Å². The standard InChI is InChI=1S/C29H25Cl2N5O3/c1-3-39-21-14-12-20(13-15-21)34-28(37)23-16-32-36-26(22-6-4-5-7-24(22)31)25(17(2)33-27(23)36)29(38)35-19-10-8-18(30)9-11-19/h4-16,26,33H,3H2,1-2H3,(H,34,37)(H,35,38). The molecule has 0 spiro atoms. The molecular weight excluding hydrogens is 537 g/mol. The molecule has 0 saturated carbocycles. The first-order valence-corrected chi connectivity index (χ1v) is 13.0. The van der Waals surface area contributed by atoms with E-state index in [1.807, 2.05) is 25.1 Å². The number of amides is 2. The number of anilines is 3. The van der Waals surface area contributed by atoms with E-state index in [2.05, 4.69) is 21.0 Å². The van der Waals surface area contributed by atoms with Crippen molar-refractivity contribution >= 4 is 52.2 Å². The van der Waals surface area contributed by atoms with Crippen LogP contribution in [0.15, 0.2) is 90.3 Å². The van der Waals surface area contributed by atoms with Gasteiger partial charge in [-0.15, -0.1) is 0 Å². The first-order chi connectivity index (χ1) is 18.9. The molecule has 1 aromatic heterocycles. The molecule has 0 aliphatic carbocycles. The van der Waals surface area contributed by atoms with E-state index in [1.54, 1.807) is 66.2 Å². The Morgan fingerprint density at radius 2 is 1.59 bits per heavy atom. The molecule has 0 saturated heterocycles. The molecule has 0 fully saturated rings. The number of hydrogen-bond acceptors (Lipinski definition) is 5. The molecule has 198 valence electrons. The third kappa shape index (κ3) is 5.48. The Hall–Kier alpha value is -4.27. The highest BCUT2D eigenvalue weighted by Crippen LogP contribution is 2.40. The van der Waals surface area contributed by atoms with Crippen LogP contribution in [0.5, 0.6) is 5.75 Å². The highest BCUT2D eigenvalue weighted by Gasteiger charge is 2.36. The predicted octanol–water partition coefficient (Wildman–Crippen LogP) is 6.77.